The van der Waals surface area contributed by atoms with Gasteiger partial charge in [-0.25, -0.2) is 0 Å². The van der Waals surface area contributed by atoms with Gasteiger partial charge in [0.2, 0.25) is 5.60 Å². The van der Waals surface area contributed by atoms with Gasteiger partial charge >= 0.3 is 6.18 Å². The molecule has 0 bridgehead atoms. The van der Waals surface area contributed by atoms with E-state index in [0.717, 1.165) is 12.3 Å². The Morgan fingerprint density at radius 1 is 1.19 bits per heavy atom. The fourth-order valence-corrected chi connectivity index (χ4v) is 2.93. The highest BCUT2D eigenvalue weighted by atomic mass is 35.5. The first-order chi connectivity index (χ1) is 12.6. The molecule has 2 aromatic carbocycles. The molecule has 0 radical (unpaired) electrons. The zero-order valence-electron chi connectivity index (χ0n) is 13.5. The van der Waals surface area contributed by atoms with Crippen LogP contribution in [0.25, 0.3) is 11.0 Å². The number of rotatable bonds is 4. The number of nitrogens with one attached hydrogen (secondary N) is 1. The van der Waals surface area contributed by atoms with E-state index in [9.17, 15) is 28.2 Å². The quantitative estimate of drug-likeness (QED) is 0.620. The van der Waals surface area contributed by atoms with E-state index < -0.39 is 29.8 Å². The van der Waals surface area contributed by atoms with Gasteiger partial charge in [-0.2, -0.15) is 13.2 Å². The van der Waals surface area contributed by atoms with Crippen LogP contribution < -0.4 is 5.32 Å². The number of furan rings is 1. The molecule has 0 aliphatic rings. The van der Waals surface area contributed by atoms with Crippen LogP contribution in [-0.2, 0) is 5.60 Å². The molecule has 9 heteroatoms. The lowest BCUT2D eigenvalue weighted by Gasteiger charge is -2.31. The lowest BCUT2D eigenvalue weighted by Crippen LogP contribution is -2.51. The van der Waals surface area contributed by atoms with E-state index in [-0.39, 0.29) is 21.9 Å². The number of phenols is 1. The normalized spacial score (nSPS) is 14.1. The SMILES string of the molecule is O=C(NCC(O)(c1ccccc1Cl)C(F)(F)F)c1coc2cc(O)ccc12. The Hall–Kier alpha value is -2.71. The van der Waals surface area contributed by atoms with Crippen LogP contribution in [0, 0.1) is 0 Å². The number of hydrogen-bond donors (Lipinski definition) is 3. The molecule has 3 rings (SSSR count). The Morgan fingerprint density at radius 2 is 1.89 bits per heavy atom. The van der Waals surface area contributed by atoms with Gasteiger partial charge < -0.3 is 19.9 Å². The summed E-state index contributed by atoms with van der Waals surface area (Å²) in [6, 6.07) is 8.95. The second kappa shape index (κ2) is 6.79. The summed E-state index contributed by atoms with van der Waals surface area (Å²) in [5.41, 5.74) is -3.79. The average Bonchev–Trinajstić information content (AvgIpc) is 3.01. The molecule has 3 aromatic rings. The predicted molar refractivity (Wildman–Crippen MR) is 91.6 cm³/mol. The molecule has 1 unspecified atom stereocenters. The molecule has 1 amide bonds. The van der Waals surface area contributed by atoms with Crippen LogP contribution in [0.15, 0.2) is 53.1 Å². The summed E-state index contributed by atoms with van der Waals surface area (Å²) >= 11 is 5.81. The summed E-state index contributed by atoms with van der Waals surface area (Å²) in [6.07, 6.45) is -4.03. The highest BCUT2D eigenvalue weighted by molar-refractivity contribution is 6.31. The first kappa shape index (κ1) is 19.1. The maximum Gasteiger partial charge on any atom is 0.423 e. The van der Waals surface area contributed by atoms with Crippen molar-refractivity contribution in [1.82, 2.24) is 5.32 Å². The monoisotopic (exact) mass is 399 g/mol. The number of hydrogen-bond acceptors (Lipinski definition) is 4. The van der Waals surface area contributed by atoms with Gasteiger partial charge in [0.1, 0.15) is 17.6 Å². The molecule has 0 fully saturated rings. The van der Waals surface area contributed by atoms with Crippen LogP contribution in [0.4, 0.5) is 13.2 Å². The van der Waals surface area contributed by atoms with Crippen LogP contribution in [0.1, 0.15) is 15.9 Å². The molecule has 0 spiro atoms. The Bertz CT molecular complexity index is 1000. The van der Waals surface area contributed by atoms with Gasteiger partial charge in [-0.3, -0.25) is 4.79 Å². The van der Waals surface area contributed by atoms with Crippen molar-refractivity contribution in [1.29, 1.82) is 0 Å². The number of aromatic hydroxyl groups is 1. The van der Waals surface area contributed by atoms with Crippen LogP contribution in [0.3, 0.4) is 0 Å². The van der Waals surface area contributed by atoms with Crippen molar-refractivity contribution in [3.05, 3.63) is 64.9 Å². The number of fused-ring (bicyclic) bond motifs is 1. The van der Waals surface area contributed by atoms with E-state index in [0.29, 0.717) is 5.39 Å². The van der Waals surface area contributed by atoms with Crippen molar-refractivity contribution in [3.8, 4) is 5.75 Å². The third-order valence-corrected chi connectivity index (χ3v) is 4.43. The van der Waals surface area contributed by atoms with Crippen molar-refractivity contribution in [2.24, 2.45) is 0 Å². The molecular weight excluding hydrogens is 387 g/mol. The minimum absolute atomic E-state index is 0.0336. The zero-order valence-corrected chi connectivity index (χ0v) is 14.3. The van der Waals surface area contributed by atoms with Gasteiger partial charge in [-0.15, -0.1) is 0 Å². The lowest BCUT2D eigenvalue weighted by atomic mass is 9.92. The van der Waals surface area contributed by atoms with Crippen LogP contribution in [-0.4, -0.2) is 28.8 Å². The molecule has 27 heavy (non-hydrogen) atoms. The molecule has 1 aromatic heterocycles. The van der Waals surface area contributed by atoms with Gasteiger partial charge in [0.15, 0.2) is 0 Å². The number of phenolic OH excluding ortho intramolecular Hbond substituents is 1. The predicted octanol–water partition coefficient (Wildman–Crippen LogP) is 3.97. The summed E-state index contributed by atoms with van der Waals surface area (Å²) in [7, 11) is 0. The highest BCUT2D eigenvalue weighted by Gasteiger charge is 2.56. The van der Waals surface area contributed by atoms with Crippen LogP contribution in [0.5, 0.6) is 5.75 Å². The standard InChI is InChI=1S/C18H13ClF3NO4/c19-14-4-2-1-3-13(14)17(26,18(20,21)22)9-23-16(25)12-8-27-15-7-10(24)5-6-11(12)15/h1-8,24,26H,9H2,(H,23,25). The Kier molecular flexibility index (Phi) is 4.79. The van der Waals surface area contributed by atoms with E-state index in [1.807, 2.05) is 0 Å². The van der Waals surface area contributed by atoms with Gasteiger partial charge in [0.05, 0.1) is 12.1 Å². The number of alkyl halides is 3. The molecular formula is C18H13ClF3NO4. The van der Waals surface area contributed by atoms with Crippen molar-refractivity contribution in [2.45, 2.75) is 11.8 Å². The minimum Gasteiger partial charge on any atom is -0.508 e. The second-order valence-electron chi connectivity index (χ2n) is 5.85. The topological polar surface area (TPSA) is 82.7 Å². The molecule has 5 nitrogen and oxygen atoms in total. The molecule has 0 saturated heterocycles. The van der Waals surface area contributed by atoms with E-state index >= 15 is 0 Å². The molecule has 0 aliphatic carbocycles. The van der Waals surface area contributed by atoms with Crippen LogP contribution >= 0.6 is 11.6 Å². The average molecular weight is 400 g/mol. The molecule has 0 aliphatic heterocycles. The molecule has 1 heterocycles. The van der Waals surface area contributed by atoms with E-state index in [1.54, 1.807) is 0 Å². The summed E-state index contributed by atoms with van der Waals surface area (Å²) in [5, 5.41) is 21.8. The van der Waals surface area contributed by atoms with E-state index in [2.05, 4.69) is 5.32 Å². The number of benzene rings is 2. The number of aliphatic hydroxyl groups is 1. The van der Waals surface area contributed by atoms with E-state index in [4.69, 9.17) is 16.0 Å². The smallest absolute Gasteiger partial charge is 0.423 e. The number of halogens is 4. The van der Waals surface area contributed by atoms with Gasteiger partial charge in [-0.05, 0) is 18.2 Å². The fourth-order valence-electron chi connectivity index (χ4n) is 2.64. The van der Waals surface area contributed by atoms with Crippen molar-refractivity contribution in [2.75, 3.05) is 6.54 Å². The number of amides is 1. The van der Waals surface area contributed by atoms with Crippen molar-refractivity contribution < 1.29 is 32.6 Å². The minimum atomic E-state index is -5.09. The molecule has 1 atom stereocenters. The van der Waals surface area contributed by atoms with Crippen LogP contribution in [0.2, 0.25) is 5.02 Å². The van der Waals surface area contributed by atoms with E-state index in [1.165, 1.54) is 36.4 Å². The van der Waals surface area contributed by atoms with Crippen molar-refractivity contribution in [3.63, 3.8) is 0 Å². The Labute approximate surface area is 156 Å². The van der Waals surface area contributed by atoms with Gasteiger partial charge in [-0.1, -0.05) is 29.8 Å². The lowest BCUT2D eigenvalue weighted by molar-refractivity contribution is -0.263. The van der Waals surface area contributed by atoms with Crippen molar-refractivity contribution >= 4 is 28.5 Å². The fraction of sp³-hybridized carbons (Fsp3) is 0.167. The maximum atomic E-state index is 13.6. The zero-order chi connectivity index (χ0) is 19.8. The third kappa shape index (κ3) is 3.45. The van der Waals surface area contributed by atoms with Gasteiger partial charge in [0.25, 0.3) is 5.91 Å². The largest absolute Gasteiger partial charge is 0.508 e. The maximum absolute atomic E-state index is 13.6. The summed E-state index contributed by atoms with van der Waals surface area (Å²) < 4.78 is 45.8. The summed E-state index contributed by atoms with van der Waals surface area (Å²) in [5.74, 6) is -0.969. The second-order valence-corrected chi connectivity index (χ2v) is 6.26. The third-order valence-electron chi connectivity index (χ3n) is 4.10. The summed E-state index contributed by atoms with van der Waals surface area (Å²) in [4.78, 5) is 12.3. The molecule has 0 saturated carbocycles. The first-order valence-corrected chi connectivity index (χ1v) is 8.04. The summed E-state index contributed by atoms with van der Waals surface area (Å²) in [6.45, 7) is -1.15. The van der Waals surface area contributed by atoms with Gasteiger partial charge in [0, 0.05) is 22.0 Å². The number of carbonyl (C=O) groups is 1. The first-order valence-electron chi connectivity index (χ1n) is 7.66. The highest BCUT2D eigenvalue weighted by Crippen LogP contribution is 2.41. The Morgan fingerprint density at radius 3 is 2.56 bits per heavy atom. The molecule has 142 valence electrons. The number of carbonyl (C=O) groups excluding carboxylic acids is 1. The molecule has 3 N–H and O–H groups in total. The Balaban J connectivity index is 1.89.